The number of benzene rings is 1. The molecule has 208 valence electrons. The van der Waals surface area contributed by atoms with Crippen molar-refractivity contribution in [3.63, 3.8) is 0 Å². The normalized spacial score (nSPS) is 15.6. The Morgan fingerprint density at radius 3 is 2.60 bits per heavy atom. The van der Waals surface area contributed by atoms with Gasteiger partial charge in [0.2, 0.25) is 0 Å². The fourth-order valence-corrected chi connectivity index (χ4v) is 5.59. The second kappa shape index (κ2) is 11.8. The number of anilines is 2. The largest absolute Gasteiger partial charge is 0.377 e. The van der Waals surface area contributed by atoms with Gasteiger partial charge in [0.25, 0.3) is 0 Å². The number of hydrogen-bond acceptors (Lipinski definition) is 9. The van der Waals surface area contributed by atoms with E-state index in [0.717, 1.165) is 5.56 Å². The molecule has 0 spiro atoms. The van der Waals surface area contributed by atoms with Gasteiger partial charge in [-0.25, -0.2) is 23.2 Å². The molecule has 0 unspecified atom stereocenters. The lowest BCUT2D eigenvalue weighted by Gasteiger charge is -2.34. The predicted octanol–water partition coefficient (Wildman–Crippen LogP) is 2.79. The number of urea groups is 1. The summed E-state index contributed by atoms with van der Waals surface area (Å²) in [6.07, 6.45) is 6.43. The standard InChI is InChI=1S/C27H30N8O4S/c1-19-17-39-12-11-35(19)25-13-23(18-40(37,38)24-7-9-28-10-8-24)31-26(33-25)21-3-5-22(6-4-21)32-27(36)29-14-20-15-30-34(2)16-20/h3-10,13,15-16,19H,11-12,14,17-18H2,1-2H3,(H2,29,32,36)/t19-/m0/s1. The van der Waals surface area contributed by atoms with Crippen molar-refractivity contribution in [2.24, 2.45) is 7.05 Å². The van der Waals surface area contributed by atoms with Gasteiger partial charge in [-0.1, -0.05) is 0 Å². The molecule has 1 aliphatic rings. The Morgan fingerprint density at radius 1 is 1.12 bits per heavy atom. The molecule has 1 aromatic carbocycles. The number of carbonyl (C=O) groups is 1. The zero-order valence-electron chi connectivity index (χ0n) is 22.2. The first kappa shape index (κ1) is 27.2. The van der Waals surface area contributed by atoms with Crippen LogP contribution in [-0.4, -0.2) is 65.0 Å². The van der Waals surface area contributed by atoms with Gasteiger partial charge in [-0.2, -0.15) is 5.10 Å². The molecule has 4 heterocycles. The molecule has 2 amide bonds. The number of morpholine rings is 1. The van der Waals surface area contributed by atoms with Crippen molar-refractivity contribution in [2.45, 2.75) is 30.2 Å². The minimum absolute atomic E-state index is 0.0675. The Morgan fingerprint density at radius 2 is 1.90 bits per heavy atom. The number of hydrogen-bond donors (Lipinski definition) is 2. The van der Waals surface area contributed by atoms with Crippen LogP contribution in [0.25, 0.3) is 11.4 Å². The van der Waals surface area contributed by atoms with Crippen molar-refractivity contribution in [2.75, 3.05) is 30.0 Å². The summed E-state index contributed by atoms with van der Waals surface area (Å²) in [6, 6.07) is 11.5. The second-order valence-electron chi connectivity index (χ2n) is 9.51. The quantitative estimate of drug-likeness (QED) is 0.331. The van der Waals surface area contributed by atoms with Crippen LogP contribution in [0.4, 0.5) is 16.3 Å². The lowest BCUT2D eigenvalue weighted by molar-refractivity contribution is 0.0985. The number of nitrogens with one attached hydrogen (secondary N) is 2. The third kappa shape index (κ3) is 6.61. The monoisotopic (exact) mass is 562 g/mol. The summed E-state index contributed by atoms with van der Waals surface area (Å²) < 4.78 is 33.5. The summed E-state index contributed by atoms with van der Waals surface area (Å²) in [6.45, 7) is 4.12. The van der Waals surface area contributed by atoms with Crippen LogP contribution in [0, 0.1) is 0 Å². The molecule has 2 N–H and O–H groups in total. The number of carbonyl (C=O) groups excluding carboxylic acids is 1. The van der Waals surface area contributed by atoms with Gasteiger partial charge >= 0.3 is 6.03 Å². The predicted molar refractivity (Wildman–Crippen MR) is 149 cm³/mol. The van der Waals surface area contributed by atoms with Crippen LogP contribution >= 0.6 is 0 Å². The number of aromatic nitrogens is 5. The molecule has 40 heavy (non-hydrogen) atoms. The molecule has 4 aromatic rings. The van der Waals surface area contributed by atoms with Crippen LogP contribution in [0.2, 0.25) is 0 Å². The number of pyridine rings is 1. The van der Waals surface area contributed by atoms with Gasteiger partial charge in [0.15, 0.2) is 15.7 Å². The van der Waals surface area contributed by atoms with E-state index in [2.05, 4.69) is 30.6 Å². The van der Waals surface area contributed by atoms with Crippen LogP contribution in [-0.2, 0) is 33.9 Å². The molecule has 1 atom stereocenters. The Balaban J connectivity index is 1.37. The molecule has 12 nitrogen and oxygen atoms in total. The van der Waals surface area contributed by atoms with Gasteiger partial charge < -0.3 is 20.3 Å². The Bertz CT molecular complexity index is 1580. The molecule has 0 radical (unpaired) electrons. The maximum absolute atomic E-state index is 13.1. The highest BCUT2D eigenvalue weighted by atomic mass is 32.2. The van der Waals surface area contributed by atoms with Gasteiger partial charge in [0.1, 0.15) is 5.82 Å². The Labute approximate surface area is 232 Å². The first-order valence-electron chi connectivity index (χ1n) is 12.7. The van der Waals surface area contributed by atoms with Crippen molar-refractivity contribution in [3.05, 3.63) is 78.5 Å². The fourth-order valence-electron chi connectivity index (χ4n) is 4.35. The summed E-state index contributed by atoms with van der Waals surface area (Å²) in [5, 5.41) is 9.68. The third-order valence-corrected chi connectivity index (χ3v) is 8.05. The van der Waals surface area contributed by atoms with Crippen LogP contribution in [0.1, 0.15) is 18.2 Å². The fraction of sp³-hybridized carbons (Fsp3) is 0.296. The van der Waals surface area contributed by atoms with Crippen LogP contribution in [0.15, 0.2) is 72.1 Å². The summed E-state index contributed by atoms with van der Waals surface area (Å²) in [7, 11) is -1.84. The number of amides is 2. The van der Waals surface area contributed by atoms with Gasteiger partial charge in [-0.05, 0) is 43.3 Å². The average molecular weight is 563 g/mol. The van der Waals surface area contributed by atoms with E-state index in [1.807, 2.05) is 20.2 Å². The van der Waals surface area contributed by atoms with E-state index >= 15 is 0 Å². The maximum atomic E-state index is 13.1. The molecule has 0 aliphatic carbocycles. The molecule has 13 heteroatoms. The number of nitrogens with zero attached hydrogens (tertiary/aromatic N) is 6. The Kier molecular flexibility index (Phi) is 8.03. The van der Waals surface area contributed by atoms with E-state index < -0.39 is 9.84 Å². The smallest absolute Gasteiger partial charge is 0.319 e. The molecule has 0 saturated carbocycles. The first-order chi connectivity index (χ1) is 19.3. The van der Waals surface area contributed by atoms with Gasteiger partial charge in [0.05, 0.1) is 41.8 Å². The molecule has 0 bridgehead atoms. The highest BCUT2D eigenvalue weighted by Gasteiger charge is 2.24. The topological polar surface area (TPSA) is 144 Å². The molecule has 3 aromatic heterocycles. The minimum atomic E-state index is -3.65. The molecule has 1 fully saturated rings. The van der Waals surface area contributed by atoms with Crippen LogP contribution < -0.4 is 15.5 Å². The summed E-state index contributed by atoms with van der Waals surface area (Å²) in [5.41, 5.74) is 2.55. The highest BCUT2D eigenvalue weighted by molar-refractivity contribution is 7.90. The minimum Gasteiger partial charge on any atom is -0.377 e. The van der Waals surface area contributed by atoms with E-state index in [1.165, 1.54) is 24.5 Å². The van der Waals surface area contributed by atoms with Crippen molar-refractivity contribution in [1.82, 2.24) is 30.0 Å². The van der Waals surface area contributed by atoms with Crippen LogP contribution in [0.3, 0.4) is 0 Å². The molecule has 1 saturated heterocycles. The lowest BCUT2D eigenvalue weighted by atomic mass is 10.2. The zero-order valence-corrected chi connectivity index (χ0v) is 23.0. The Hall–Kier alpha value is -4.36. The number of aryl methyl sites for hydroxylation is 1. The van der Waals surface area contributed by atoms with Crippen molar-refractivity contribution in [1.29, 1.82) is 0 Å². The summed E-state index contributed by atoms with van der Waals surface area (Å²) in [5.74, 6) is 0.746. The van der Waals surface area contributed by atoms with E-state index in [-0.39, 0.29) is 22.7 Å². The number of rotatable bonds is 8. The molecular formula is C27H30N8O4S. The lowest BCUT2D eigenvalue weighted by Crippen LogP contribution is -2.44. The molecule has 1 aliphatic heterocycles. The van der Waals surface area contributed by atoms with Crippen molar-refractivity contribution in [3.8, 4) is 11.4 Å². The van der Waals surface area contributed by atoms with E-state index in [0.29, 0.717) is 54.9 Å². The van der Waals surface area contributed by atoms with Crippen LogP contribution in [0.5, 0.6) is 0 Å². The maximum Gasteiger partial charge on any atom is 0.319 e. The van der Waals surface area contributed by atoms with Crippen molar-refractivity contribution >= 4 is 27.4 Å². The van der Waals surface area contributed by atoms with E-state index in [1.54, 1.807) is 41.2 Å². The SMILES string of the molecule is C[C@H]1COCCN1c1cc(CS(=O)(=O)c2ccncc2)nc(-c2ccc(NC(=O)NCc3cnn(C)c3)cc2)n1. The highest BCUT2D eigenvalue weighted by Crippen LogP contribution is 2.26. The van der Waals surface area contributed by atoms with Gasteiger partial charge in [-0.15, -0.1) is 0 Å². The van der Waals surface area contributed by atoms with Gasteiger partial charge in [-0.3, -0.25) is 9.67 Å². The van der Waals surface area contributed by atoms with Gasteiger partial charge in [0, 0.05) is 61.6 Å². The third-order valence-electron chi connectivity index (χ3n) is 6.39. The second-order valence-corrected chi connectivity index (χ2v) is 11.5. The number of sulfone groups is 1. The summed E-state index contributed by atoms with van der Waals surface area (Å²) in [4.78, 5) is 27.9. The van der Waals surface area contributed by atoms with E-state index in [9.17, 15) is 13.2 Å². The average Bonchev–Trinajstić information content (AvgIpc) is 3.37. The zero-order chi connectivity index (χ0) is 28.1. The first-order valence-corrected chi connectivity index (χ1v) is 14.4. The number of ether oxygens (including phenoxy) is 1. The molecular weight excluding hydrogens is 532 g/mol. The molecule has 5 rings (SSSR count). The van der Waals surface area contributed by atoms with Crippen molar-refractivity contribution < 1.29 is 17.9 Å². The van der Waals surface area contributed by atoms with E-state index in [4.69, 9.17) is 9.72 Å². The summed E-state index contributed by atoms with van der Waals surface area (Å²) >= 11 is 0.